The summed E-state index contributed by atoms with van der Waals surface area (Å²) in [6.07, 6.45) is 0.470. The van der Waals surface area contributed by atoms with Crippen LogP contribution in [0.4, 0.5) is 5.69 Å². The van der Waals surface area contributed by atoms with Crippen LogP contribution in [0.15, 0.2) is 23.7 Å². The van der Waals surface area contributed by atoms with E-state index >= 15 is 0 Å². The van der Waals surface area contributed by atoms with E-state index in [2.05, 4.69) is 36.4 Å². The molecule has 0 unspecified atom stereocenters. The molecule has 0 saturated heterocycles. The Labute approximate surface area is 117 Å². The first-order chi connectivity index (χ1) is 8.94. The van der Waals surface area contributed by atoms with E-state index in [0.717, 1.165) is 15.9 Å². The molecule has 0 atom stereocenters. The molecule has 0 aliphatic heterocycles. The fourth-order valence-electron chi connectivity index (χ4n) is 1.71. The Morgan fingerprint density at radius 2 is 2.16 bits per heavy atom. The van der Waals surface area contributed by atoms with E-state index in [-0.39, 0.29) is 11.4 Å². The zero-order valence-corrected chi connectivity index (χ0v) is 12.3. The Morgan fingerprint density at radius 3 is 2.89 bits per heavy atom. The first-order valence-corrected chi connectivity index (χ1v) is 7.20. The van der Waals surface area contributed by atoms with Crippen LogP contribution in [0, 0.1) is 0 Å². The number of fused-ring (bicyclic) bond motifs is 1. The minimum absolute atomic E-state index is 0.0283. The molecule has 0 fully saturated rings. The molecule has 5 heteroatoms. The van der Waals surface area contributed by atoms with Crippen molar-refractivity contribution < 1.29 is 4.79 Å². The summed E-state index contributed by atoms with van der Waals surface area (Å²) in [6.45, 7) is 6.94. The normalized spacial score (nSPS) is 11.7. The van der Waals surface area contributed by atoms with Crippen LogP contribution in [-0.2, 0) is 4.79 Å². The van der Waals surface area contributed by atoms with Crippen molar-refractivity contribution in [1.29, 1.82) is 0 Å². The molecule has 102 valence electrons. The monoisotopic (exact) mass is 277 g/mol. The fourth-order valence-corrected chi connectivity index (χ4v) is 2.42. The molecule has 4 nitrogen and oxygen atoms in total. The van der Waals surface area contributed by atoms with E-state index in [9.17, 15) is 4.79 Å². The molecule has 2 rings (SSSR count). The quantitative estimate of drug-likeness (QED) is 0.903. The number of hydrogen-bond acceptors (Lipinski definition) is 4. The lowest BCUT2D eigenvalue weighted by Gasteiger charge is -2.20. The number of nitrogens with one attached hydrogen (secondary N) is 2. The largest absolute Gasteiger partial charge is 0.326 e. The molecule has 0 bridgehead atoms. The zero-order valence-electron chi connectivity index (χ0n) is 11.5. The Hall–Kier alpha value is -1.46. The van der Waals surface area contributed by atoms with Gasteiger partial charge in [-0.05, 0) is 39.0 Å². The van der Waals surface area contributed by atoms with Crippen molar-refractivity contribution in [2.45, 2.75) is 32.7 Å². The lowest BCUT2D eigenvalue weighted by atomic mass is 10.1. The van der Waals surface area contributed by atoms with Gasteiger partial charge in [0, 0.05) is 24.2 Å². The summed E-state index contributed by atoms with van der Waals surface area (Å²) in [5.74, 6) is 0.0283. The Morgan fingerprint density at radius 1 is 1.37 bits per heavy atom. The van der Waals surface area contributed by atoms with Crippen molar-refractivity contribution in [2.24, 2.45) is 0 Å². The van der Waals surface area contributed by atoms with Gasteiger partial charge in [0.1, 0.15) is 0 Å². The standard InChI is InChI=1S/C14H19N3OS/c1-14(2,3)16-7-6-13(18)17-10-4-5-11-12(8-10)19-9-15-11/h4-5,8-9,16H,6-7H2,1-3H3,(H,17,18). The van der Waals surface area contributed by atoms with Crippen molar-refractivity contribution >= 4 is 33.1 Å². The molecule has 1 aromatic carbocycles. The third-order valence-corrected chi connectivity index (χ3v) is 3.41. The second kappa shape index (κ2) is 5.67. The van der Waals surface area contributed by atoms with E-state index in [4.69, 9.17) is 0 Å². The second-order valence-electron chi connectivity index (χ2n) is 5.51. The molecule has 1 aromatic heterocycles. The first-order valence-electron chi connectivity index (χ1n) is 6.32. The molecule has 0 spiro atoms. The van der Waals surface area contributed by atoms with E-state index in [1.54, 1.807) is 11.3 Å². The number of nitrogens with zero attached hydrogens (tertiary/aromatic N) is 1. The van der Waals surface area contributed by atoms with Crippen LogP contribution in [0.3, 0.4) is 0 Å². The van der Waals surface area contributed by atoms with Crippen molar-refractivity contribution in [3.8, 4) is 0 Å². The second-order valence-corrected chi connectivity index (χ2v) is 6.40. The number of hydrogen-bond donors (Lipinski definition) is 2. The predicted octanol–water partition coefficient (Wildman–Crippen LogP) is 3.01. The van der Waals surface area contributed by atoms with E-state index in [0.29, 0.717) is 13.0 Å². The van der Waals surface area contributed by atoms with Crippen molar-refractivity contribution in [1.82, 2.24) is 10.3 Å². The number of aromatic nitrogens is 1. The van der Waals surface area contributed by atoms with Crippen molar-refractivity contribution in [2.75, 3.05) is 11.9 Å². The molecule has 0 saturated carbocycles. The summed E-state index contributed by atoms with van der Waals surface area (Å²) in [4.78, 5) is 16.0. The van der Waals surface area contributed by atoms with Crippen LogP contribution < -0.4 is 10.6 Å². The topological polar surface area (TPSA) is 54.0 Å². The SMILES string of the molecule is CC(C)(C)NCCC(=O)Nc1ccc2ncsc2c1. The number of anilines is 1. The van der Waals surface area contributed by atoms with Crippen molar-refractivity contribution in [3.63, 3.8) is 0 Å². The highest BCUT2D eigenvalue weighted by Gasteiger charge is 2.10. The molecule has 1 amide bonds. The van der Waals surface area contributed by atoms with E-state index < -0.39 is 0 Å². The van der Waals surface area contributed by atoms with Gasteiger partial charge in [0.05, 0.1) is 15.7 Å². The Balaban J connectivity index is 1.88. The number of carbonyl (C=O) groups is 1. The van der Waals surface area contributed by atoms with Gasteiger partial charge >= 0.3 is 0 Å². The average molecular weight is 277 g/mol. The van der Waals surface area contributed by atoms with Gasteiger partial charge in [0.25, 0.3) is 0 Å². The van der Waals surface area contributed by atoms with Gasteiger partial charge in [-0.3, -0.25) is 4.79 Å². The average Bonchev–Trinajstić information content (AvgIpc) is 2.74. The molecule has 0 aliphatic rings. The zero-order chi connectivity index (χ0) is 13.9. The van der Waals surface area contributed by atoms with Crippen LogP contribution in [-0.4, -0.2) is 23.0 Å². The third kappa shape index (κ3) is 4.29. The highest BCUT2D eigenvalue weighted by molar-refractivity contribution is 7.16. The molecule has 1 heterocycles. The number of thiazole rings is 1. The molecule has 0 radical (unpaired) electrons. The van der Waals surface area contributed by atoms with Gasteiger partial charge in [-0.25, -0.2) is 4.98 Å². The van der Waals surface area contributed by atoms with Crippen LogP contribution in [0.1, 0.15) is 27.2 Å². The predicted molar refractivity (Wildman–Crippen MR) is 80.6 cm³/mol. The van der Waals surface area contributed by atoms with Gasteiger partial charge < -0.3 is 10.6 Å². The van der Waals surface area contributed by atoms with Gasteiger partial charge in [0.2, 0.25) is 5.91 Å². The summed E-state index contributed by atoms with van der Waals surface area (Å²) in [6, 6.07) is 5.77. The Bertz CT molecular complexity index is 571. The molecule has 0 aliphatic carbocycles. The van der Waals surface area contributed by atoms with Crippen LogP contribution >= 0.6 is 11.3 Å². The lowest BCUT2D eigenvalue weighted by Crippen LogP contribution is -2.37. The van der Waals surface area contributed by atoms with Gasteiger partial charge in [-0.1, -0.05) is 0 Å². The first kappa shape index (κ1) is 14.0. The van der Waals surface area contributed by atoms with Crippen LogP contribution in [0.5, 0.6) is 0 Å². The summed E-state index contributed by atoms with van der Waals surface area (Å²) in [7, 11) is 0. The van der Waals surface area contributed by atoms with E-state index in [1.165, 1.54) is 0 Å². The smallest absolute Gasteiger partial charge is 0.225 e. The summed E-state index contributed by atoms with van der Waals surface area (Å²) < 4.78 is 1.09. The van der Waals surface area contributed by atoms with Gasteiger partial charge in [-0.15, -0.1) is 11.3 Å². The number of rotatable bonds is 4. The molecular formula is C14H19N3OS. The van der Waals surface area contributed by atoms with Gasteiger partial charge in [0.15, 0.2) is 0 Å². The maximum atomic E-state index is 11.8. The third-order valence-electron chi connectivity index (χ3n) is 2.62. The number of amides is 1. The lowest BCUT2D eigenvalue weighted by molar-refractivity contribution is -0.116. The van der Waals surface area contributed by atoms with Crippen molar-refractivity contribution in [3.05, 3.63) is 23.7 Å². The van der Waals surface area contributed by atoms with Crippen LogP contribution in [0.25, 0.3) is 10.2 Å². The maximum absolute atomic E-state index is 11.8. The summed E-state index contributed by atoms with van der Waals surface area (Å²) in [5.41, 5.74) is 3.65. The van der Waals surface area contributed by atoms with Gasteiger partial charge in [-0.2, -0.15) is 0 Å². The fraction of sp³-hybridized carbons (Fsp3) is 0.429. The molecule has 2 aromatic rings. The number of benzene rings is 1. The van der Waals surface area contributed by atoms with Crippen LogP contribution in [0.2, 0.25) is 0 Å². The maximum Gasteiger partial charge on any atom is 0.225 e. The minimum Gasteiger partial charge on any atom is -0.326 e. The Kier molecular flexibility index (Phi) is 4.17. The molecule has 2 N–H and O–H groups in total. The van der Waals surface area contributed by atoms with E-state index in [1.807, 2.05) is 23.7 Å². The summed E-state index contributed by atoms with van der Waals surface area (Å²) >= 11 is 1.58. The number of carbonyl (C=O) groups excluding carboxylic acids is 1. The minimum atomic E-state index is 0.0283. The summed E-state index contributed by atoms with van der Waals surface area (Å²) in [5, 5.41) is 6.21. The molecule has 19 heavy (non-hydrogen) atoms. The highest BCUT2D eigenvalue weighted by Crippen LogP contribution is 2.21. The highest BCUT2D eigenvalue weighted by atomic mass is 32.1. The molecular weight excluding hydrogens is 258 g/mol.